The van der Waals surface area contributed by atoms with Crippen LogP contribution in [0.25, 0.3) is 11.4 Å². The number of methoxy groups -OCH3 is 1. The van der Waals surface area contributed by atoms with Crippen molar-refractivity contribution < 1.29 is 9.53 Å². The summed E-state index contributed by atoms with van der Waals surface area (Å²) < 4.78 is 7.23. The summed E-state index contributed by atoms with van der Waals surface area (Å²) in [6.45, 7) is 0.0704. The van der Waals surface area contributed by atoms with Crippen molar-refractivity contribution in [3.05, 3.63) is 53.3 Å². The van der Waals surface area contributed by atoms with E-state index in [1.807, 2.05) is 54.8 Å². The predicted octanol–water partition coefficient (Wildman–Crippen LogP) is 3.98. The molecule has 3 aromatic rings. The number of hydrogen-bond acceptors (Lipinski definition) is 5. The Morgan fingerprint density at radius 3 is 2.54 bits per heavy atom. The van der Waals surface area contributed by atoms with Crippen LogP contribution in [0.5, 0.6) is 5.75 Å². The number of aromatic nitrogens is 3. The number of nitrogens with one attached hydrogen (secondary N) is 2. The van der Waals surface area contributed by atoms with Crippen molar-refractivity contribution in [1.82, 2.24) is 14.8 Å². The number of nitrogens with zero attached hydrogens (tertiary/aromatic N) is 2. The fourth-order valence-electron chi connectivity index (χ4n) is 2.44. The predicted molar refractivity (Wildman–Crippen MR) is 106 cm³/mol. The van der Waals surface area contributed by atoms with Crippen LogP contribution in [0, 0.1) is 4.77 Å². The van der Waals surface area contributed by atoms with Crippen LogP contribution in [0.15, 0.2) is 53.4 Å². The van der Waals surface area contributed by atoms with Crippen molar-refractivity contribution >= 4 is 35.6 Å². The highest BCUT2D eigenvalue weighted by atomic mass is 32.2. The van der Waals surface area contributed by atoms with Gasteiger partial charge in [0.1, 0.15) is 12.3 Å². The lowest BCUT2D eigenvalue weighted by Gasteiger charge is -2.09. The molecule has 0 saturated carbocycles. The molecule has 0 radical (unpaired) electrons. The Hall–Kier alpha value is -2.58. The van der Waals surface area contributed by atoms with Crippen LogP contribution in [-0.4, -0.2) is 34.0 Å². The molecule has 0 fully saturated rings. The number of thioether (sulfide) groups is 1. The number of anilines is 1. The van der Waals surface area contributed by atoms with Crippen molar-refractivity contribution in [2.75, 3.05) is 18.7 Å². The van der Waals surface area contributed by atoms with Crippen molar-refractivity contribution in [3.63, 3.8) is 0 Å². The topological polar surface area (TPSA) is 71.9 Å². The zero-order valence-electron chi connectivity index (χ0n) is 14.4. The highest BCUT2D eigenvalue weighted by molar-refractivity contribution is 7.98. The Balaban J connectivity index is 1.77. The molecule has 2 N–H and O–H groups in total. The summed E-state index contributed by atoms with van der Waals surface area (Å²) in [7, 11) is 1.61. The lowest BCUT2D eigenvalue weighted by Crippen LogP contribution is -2.19. The van der Waals surface area contributed by atoms with E-state index in [0.29, 0.717) is 10.6 Å². The van der Waals surface area contributed by atoms with Crippen molar-refractivity contribution in [1.29, 1.82) is 0 Å². The quantitative estimate of drug-likeness (QED) is 0.495. The monoisotopic (exact) mass is 386 g/mol. The van der Waals surface area contributed by atoms with Crippen LogP contribution in [-0.2, 0) is 11.3 Å². The van der Waals surface area contributed by atoms with Crippen LogP contribution >= 0.6 is 24.0 Å². The lowest BCUT2D eigenvalue weighted by molar-refractivity contribution is -0.116. The minimum Gasteiger partial charge on any atom is -0.497 e. The van der Waals surface area contributed by atoms with E-state index in [1.54, 1.807) is 23.4 Å². The van der Waals surface area contributed by atoms with Gasteiger partial charge in [0, 0.05) is 16.1 Å². The molecule has 2 aromatic carbocycles. The maximum absolute atomic E-state index is 12.4. The number of H-pyrrole nitrogens is 1. The third kappa shape index (κ3) is 4.14. The van der Waals surface area contributed by atoms with Gasteiger partial charge in [0.15, 0.2) is 10.6 Å². The molecule has 6 nitrogen and oxygen atoms in total. The molecule has 1 amide bonds. The van der Waals surface area contributed by atoms with E-state index in [4.69, 9.17) is 17.0 Å². The minimum absolute atomic E-state index is 0.0704. The number of hydrogen-bond donors (Lipinski definition) is 2. The molecule has 1 aromatic heterocycles. The highest BCUT2D eigenvalue weighted by Gasteiger charge is 2.13. The number of rotatable bonds is 6. The third-order valence-electron chi connectivity index (χ3n) is 3.78. The van der Waals surface area contributed by atoms with Gasteiger partial charge in [0.05, 0.1) is 7.11 Å². The molecule has 134 valence electrons. The van der Waals surface area contributed by atoms with E-state index in [0.717, 1.165) is 21.9 Å². The van der Waals surface area contributed by atoms with E-state index in [9.17, 15) is 4.79 Å². The Labute approximate surface area is 160 Å². The SMILES string of the molecule is COc1ccc(-c2n[nH]c(=S)n2CC(=O)Nc2ccc(SC)cc2)cc1. The number of aromatic amines is 1. The Morgan fingerprint density at radius 2 is 1.92 bits per heavy atom. The van der Waals surface area contributed by atoms with E-state index in [-0.39, 0.29) is 12.5 Å². The number of carbonyl (C=O) groups is 1. The molecule has 0 aliphatic rings. The van der Waals surface area contributed by atoms with Crippen LogP contribution < -0.4 is 10.1 Å². The van der Waals surface area contributed by atoms with E-state index in [2.05, 4.69) is 15.5 Å². The summed E-state index contributed by atoms with van der Waals surface area (Å²) in [5.74, 6) is 1.18. The fraction of sp³-hybridized carbons (Fsp3) is 0.167. The second-order valence-corrected chi connectivity index (χ2v) is 6.71. The van der Waals surface area contributed by atoms with Crippen molar-refractivity contribution in [3.8, 4) is 17.1 Å². The summed E-state index contributed by atoms with van der Waals surface area (Å²) in [6.07, 6.45) is 2.01. The summed E-state index contributed by atoms with van der Waals surface area (Å²) in [5.41, 5.74) is 1.59. The van der Waals surface area contributed by atoms with Gasteiger partial charge in [0.2, 0.25) is 5.91 Å². The lowest BCUT2D eigenvalue weighted by atomic mass is 10.2. The summed E-state index contributed by atoms with van der Waals surface area (Å²) >= 11 is 6.93. The number of benzene rings is 2. The van der Waals surface area contributed by atoms with E-state index >= 15 is 0 Å². The van der Waals surface area contributed by atoms with Crippen LogP contribution in [0.2, 0.25) is 0 Å². The van der Waals surface area contributed by atoms with E-state index in [1.165, 1.54) is 0 Å². The largest absolute Gasteiger partial charge is 0.497 e. The van der Waals surface area contributed by atoms with Gasteiger partial charge in [-0.15, -0.1) is 11.8 Å². The molecule has 0 aliphatic carbocycles. The molecule has 0 bridgehead atoms. The molecule has 26 heavy (non-hydrogen) atoms. The third-order valence-corrected chi connectivity index (χ3v) is 4.84. The van der Waals surface area contributed by atoms with Gasteiger partial charge in [-0.05, 0) is 67.0 Å². The molecular weight excluding hydrogens is 368 g/mol. The summed E-state index contributed by atoms with van der Waals surface area (Å²) in [6, 6.07) is 15.1. The first-order chi connectivity index (χ1) is 12.6. The zero-order valence-corrected chi connectivity index (χ0v) is 16.0. The number of ether oxygens (including phenoxy) is 1. The first kappa shape index (κ1) is 18.2. The van der Waals surface area contributed by atoms with Gasteiger partial charge in [-0.1, -0.05) is 0 Å². The molecule has 1 heterocycles. The van der Waals surface area contributed by atoms with Gasteiger partial charge in [0.25, 0.3) is 0 Å². The van der Waals surface area contributed by atoms with Crippen LogP contribution in [0.4, 0.5) is 5.69 Å². The van der Waals surface area contributed by atoms with Crippen molar-refractivity contribution in [2.45, 2.75) is 11.4 Å². The fourth-order valence-corrected chi connectivity index (χ4v) is 3.05. The molecule has 3 rings (SSSR count). The normalized spacial score (nSPS) is 10.5. The summed E-state index contributed by atoms with van der Waals surface area (Å²) in [5, 5.41) is 9.88. The molecule has 0 saturated heterocycles. The van der Waals surface area contributed by atoms with E-state index < -0.39 is 0 Å². The molecule has 0 aliphatic heterocycles. The smallest absolute Gasteiger partial charge is 0.244 e. The highest BCUT2D eigenvalue weighted by Crippen LogP contribution is 2.21. The second kappa shape index (κ2) is 8.20. The number of amides is 1. The summed E-state index contributed by atoms with van der Waals surface area (Å²) in [4.78, 5) is 13.6. The van der Waals surface area contributed by atoms with Crippen molar-refractivity contribution in [2.24, 2.45) is 0 Å². The first-order valence-corrected chi connectivity index (χ1v) is 9.47. The van der Waals surface area contributed by atoms with Gasteiger partial charge >= 0.3 is 0 Å². The van der Waals surface area contributed by atoms with Crippen LogP contribution in [0.1, 0.15) is 0 Å². The number of carbonyl (C=O) groups excluding carboxylic acids is 1. The average molecular weight is 387 g/mol. The first-order valence-electron chi connectivity index (χ1n) is 7.84. The maximum Gasteiger partial charge on any atom is 0.244 e. The maximum atomic E-state index is 12.4. The van der Waals surface area contributed by atoms with Gasteiger partial charge in [-0.3, -0.25) is 14.5 Å². The Bertz CT molecular complexity index is 947. The van der Waals surface area contributed by atoms with Gasteiger partial charge < -0.3 is 10.1 Å². The Kier molecular flexibility index (Phi) is 5.75. The van der Waals surface area contributed by atoms with Gasteiger partial charge in [-0.2, -0.15) is 5.10 Å². The minimum atomic E-state index is -0.172. The molecule has 8 heteroatoms. The molecular formula is C18H18N4O2S2. The molecule has 0 unspecified atom stereocenters. The second-order valence-electron chi connectivity index (χ2n) is 5.44. The average Bonchev–Trinajstić information content (AvgIpc) is 3.03. The standard InChI is InChI=1S/C18H18N4O2S2/c1-24-14-7-3-12(4-8-14)17-20-21-18(25)22(17)11-16(23)19-13-5-9-15(26-2)10-6-13/h3-10H,11H2,1-2H3,(H,19,23)(H,21,25). The van der Waals surface area contributed by atoms with Gasteiger partial charge in [-0.25, -0.2) is 0 Å². The molecule has 0 spiro atoms. The Morgan fingerprint density at radius 1 is 1.23 bits per heavy atom. The van der Waals surface area contributed by atoms with Crippen LogP contribution in [0.3, 0.4) is 0 Å². The molecule has 0 atom stereocenters. The zero-order chi connectivity index (χ0) is 18.5.